The zero-order valence-electron chi connectivity index (χ0n) is 12.7. The molecule has 0 fully saturated rings. The molecule has 0 radical (unpaired) electrons. The summed E-state index contributed by atoms with van der Waals surface area (Å²) in [7, 11) is 0. The first-order chi connectivity index (χ1) is 9.63. The molecule has 0 bridgehead atoms. The minimum Gasteiger partial charge on any atom is -0.369 e. The summed E-state index contributed by atoms with van der Waals surface area (Å²) in [5.41, 5.74) is 0. The van der Waals surface area contributed by atoms with Gasteiger partial charge in [-0.3, -0.25) is 0 Å². The fraction of sp³-hybridized carbons (Fsp3) is 0.667. The van der Waals surface area contributed by atoms with Gasteiger partial charge in [-0.2, -0.15) is 0 Å². The first-order valence-electron chi connectivity index (χ1n) is 7.48. The van der Waals surface area contributed by atoms with Crippen LogP contribution in [0.5, 0.6) is 0 Å². The summed E-state index contributed by atoms with van der Waals surface area (Å²) in [6.07, 6.45) is 4.60. The Kier molecular flexibility index (Phi) is 8.08. The van der Waals surface area contributed by atoms with Gasteiger partial charge >= 0.3 is 0 Å². The van der Waals surface area contributed by atoms with Crippen LogP contribution in [0, 0.1) is 0 Å². The van der Waals surface area contributed by atoms with Gasteiger partial charge in [0.05, 0.1) is 10.0 Å². The minimum absolute atomic E-state index is 0.575. The molecule has 0 amide bonds. The van der Waals surface area contributed by atoms with Crippen molar-refractivity contribution in [2.24, 2.45) is 0 Å². The molecule has 1 aromatic heterocycles. The van der Waals surface area contributed by atoms with E-state index in [0.29, 0.717) is 15.9 Å². The molecule has 0 unspecified atom stereocenters. The molecule has 0 atom stereocenters. The van der Waals surface area contributed by atoms with E-state index in [1.54, 1.807) is 6.07 Å². The fourth-order valence-corrected chi connectivity index (χ4v) is 2.54. The summed E-state index contributed by atoms with van der Waals surface area (Å²) >= 11 is 12.5. The lowest BCUT2D eigenvalue weighted by Crippen LogP contribution is -2.27. The van der Waals surface area contributed by atoms with Crippen molar-refractivity contribution in [1.29, 1.82) is 0 Å². The van der Waals surface area contributed by atoms with Gasteiger partial charge in [0.2, 0.25) is 0 Å². The maximum absolute atomic E-state index is 6.34. The highest BCUT2D eigenvalue weighted by molar-refractivity contribution is 6.37. The van der Waals surface area contributed by atoms with E-state index in [-0.39, 0.29) is 0 Å². The van der Waals surface area contributed by atoms with Crippen LogP contribution in [0.3, 0.4) is 0 Å². The van der Waals surface area contributed by atoms with Crippen molar-refractivity contribution >= 4 is 34.8 Å². The third-order valence-corrected chi connectivity index (χ3v) is 3.68. The Morgan fingerprint density at radius 3 is 2.15 bits per heavy atom. The second kappa shape index (κ2) is 9.30. The van der Waals surface area contributed by atoms with Gasteiger partial charge in [-0.1, -0.05) is 49.9 Å². The Morgan fingerprint density at radius 1 is 1.05 bits per heavy atom. The van der Waals surface area contributed by atoms with Gasteiger partial charge < -0.3 is 10.2 Å². The Hall–Kier alpha value is -0.670. The zero-order valence-corrected chi connectivity index (χ0v) is 14.2. The van der Waals surface area contributed by atoms with Crippen molar-refractivity contribution in [3.63, 3.8) is 0 Å². The SMILES string of the molecule is CCCCN(CCCC)c1nc(NCC)c(Cl)cc1Cl. The summed E-state index contributed by atoms with van der Waals surface area (Å²) < 4.78 is 0. The lowest BCUT2D eigenvalue weighted by Gasteiger charge is -2.25. The number of rotatable bonds is 9. The average Bonchev–Trinajstić information content (AvgIpc) is 2.43. The van der Waals surface area contributed by atoms with Crippen LogP contribution in [-0.2, 0) is 0 Å². The Morgan fingerprint density at radius 2 is 1.65 bits per heavy atom. The van der Waals surface area contributed by atoms with Gasteiger partial charge in [0.1, 0.15) is 11.6 Å². The Labute approximate surface area is 132 Å². The third-order valence-electron chi connectivity index (χ3n) is 3.12. The highest BCUT2D eigenvalue weighted by Crippen LogP contribution is 2.31. The van der Waals surface area contributed by atoms with Crippen molar-refractivity contribution in [3.05, 3.63) is 16.1 Å². The number of halogens is 2. The van der Waals surface area contributed by atoms with E-state index in [4.69, 9.17) is 23.2 Å². The van der Waals surface area contributed by atoms with E-state index in [1.165, 1.54) is 0 Å². The van der Waals surface area contributed by atoms with Gasteiger partial charge in [0.25, 0.3) is 0 Å². The molecule has 0 saturated carbocycles. The van der Waals surface area contributed by atoms with Gasteiger partial charge in [-0.25, -0.2) is 4.98 Å². The largest absolute Gasteiger partial charge is 0.369 e. The van der Waals surface area contributed by atoms with Crippen LogP contribution in [0.25, 0.3) is 0 Å². The van der Waals surface area contributed by atoms with E-state index in [1.807, 2.05) is 6.92 Å². The Bertz CT molecular complexity index is 402. The van der Waals surface area contributed by atoms with Crippen LogP contribution >= 0.6 is 23.2 Å². The van der Waals surface area contributed by atoms with Gasteiger partial charge in [-0.05, 0) is 25.8 Å². The van der Waals surface area contributed by atoms with Crippen molar-refractivity contribution in [1.82, 2.24) is 4.98 Å². The molecule has 3 nitrogen and oxygen atoms in total. The molecule has 20 heavy (non-hydrogen) atoms. The third kappa shape index (κ3) is 5.02. The van der Waals surface area contributed by atoms with Crippen molar-refractivity contribution in [2.45, 2.75) is 46.5 Å². The highest BCUT2D eigenvalue weighted by Gasteiger charge is 2.15. The van der Waals surface area contributed by atoms with Crippen LogP contribution in [-0.4, -0.2) is 24.6 Å². The van der Waals surface area contributed by atoms with E-state index in [0.717, 1.165) is 51.1 Å². The molecule has 0 spiro atoms. The maximum atomic E-state index is 6.34. The van der Waals surface area contributed by atoms with Crippen LogP contribution in [0.4, 0.5) is 11.6 Å². The van der Waals surface area contributed by atoms with Crippen LogP contribution in [0.2, 0.25) is 10.0 Å². The normalized spacial score (nSPS) is 10.7. The molecular weight excluding hydrogens is 293 g/mol. The summed E-state index contributed by atoms with van der Waals surface area (Å²) in [5, 5.41) is 4.39. The van der Waals surface area contributed by atoms with Crippen molar-refractivity contribution < 1.29 is 0 Å². The van der Waals surface area contributed by atoms with E-state index in [9.17, 15) is 0 Å². The number of hydrogen-bond acceptors (Lipinski definition) is 3. The predicted molar refractivity (Wildman–Crippen MR) is 90.4 cm³/mol. The summed E-state index contributed by atoms with van der Waals surface area (Å²) in [4.78, 5) is 6.89. The molecule has 0 aliphatic carbocycles. The van der Waals surface area contributed by atoms with Crippen molar-refractivity contribution in [3.8, 4) is 0 Å². The Balaban J connectivity index is 3.00. The summed E-state index contributed by atoms with van der Waals surface area (Å²) in [6, 6.07) is 1.79. The van der Waals surface area contributed by atoms with Crippen LogP contribution < -0.4 is 10.2 Å². The first kappa shape index (κ1) is 17.4. The van der Waals surface area contributed by atoms with E-state index >= 15 is 0 Å². The molecule has 0 aliphatic rings. The van der Waals surface area contributed by atoms with Crippen molar-refractivity contribution in [2.75, 3.05) is 29.9 Å². The molecule has 1 N–H and O–H groups in total. The number of nitrogens with one attached hydrogen (secondary N) is 1. The molecular formula is C15H25Cl2N3. The zero-order chi connectivity index (χ0) is 15.0. The lowest BCUT2D eigenvalue weighted by molar-refractivity contribution is 0.671. The highest BCUT2D eigenvalue weighted by atomic mass is 35.5. The fourth-order valence-electron chi connectivity index (χ4n) is 1.99. The molecule has 0 saturated heterocycles. The number of anilines is 2. The first-order valence-corrected chi connectivity index (χ1v) is 8.24. The average molecular weight is 318 g/mol. The molecule has 5 heteroatoms. The quantitative estimate of drug-likeness (QED) is 0.676. The summed E-state index contributed by atoms with van der Waals surface area (Å²) in [6.45, 7) is 9.17. The minimum atomic E-state index is 0.575. The van der Waals surface area contributed by atoms with Gasteiger partial charge in [0.15, 0.2) is 0 Å². The number of pyridine rings is 1. The predicted octanol–water partition coefficient (Wildman–Crippen LogP) is 5.23. The second-order valence-electron chi connectivity index (χ2n) is 4.85. The molecule has 0 aromatic carbocycles. The van der Waals surface area contributed by atoms with Crippen LogP contribution in [0.15, 0.2) is 6.07 Å². The van der Waals surface area contributed by atoms with Gasteiger partial charge in [0, 0.05) is 19.6 Å². The van der Waals surface area contributed by atoms with E-state index in [2.05, 4.69) is 29.0 Å². The lowest BCUT2D eigenvalue weighted by atomic mass is 10.2. The number of aromatic nitrogens is 1. The number of nitrogens with zero attached hydrogens (tertiary/aromatic N) is 2. The molecule has 0 aliphatic heterocycles. The van der Waals surface area contributed by atoms with Gasteiger partial charge in [-0.15, -0.1) is 0 Å². The molecule has 1 heterocycles. The smallest absolute Gasteiger partial charge is 0.149 e. The monoisotopic (exact) mass is 317 g/mol. The molecule has 1 aromatic rings. The standard InChI is InChI=1S/C15H25Cl2N3/c1-4-7-9-20(10-8-5-2)15-13(17)11-12(16)14(19-15)18-6-3/h11H,4-10H2,1-3H3,(H,18,19). The number of unbranched alkanes of at least 4 members (excludes halogenated alkanes) is 2. The molecule has 1 rings (SSSR count). The summed E-state index contributed by atoms with van der Waals surface area (Å²) in [5.74, 6) is 1.56. The maximum Gasteiger partial charge on any atom is 0.149 e. The second-order valence-corrected chi connectivity index (χ2v) is 5.66. The number of hydrogen-bond donors (Lipinski definition) is 1. The van der Waals surface area contributed by atoms with Crippen LogP contribution in [0.1, 0.15) is 46.5 Å². The van der Waals surface area contributed by atoms with E-state index < -0.39 is 0 Å². The molecule has 114 valence electrons. The topological polar surface area (TPSA) is 28.2 Å².